The summed E-state index contributed by atoms with van der Waals surface area (Å²) >= 11 is 0. The van der Waals surface area contributed by atoms with Gasteiger partial charge in [0.15, 0.2) is 11.5 Å². The molecule has 0 amide bonds. The van der Waals surface area contributed by atoms with Crippen LogP contribution in [0.3, 0.4) is 0 Å². The van der Waals surface area contributed by atoms with Crippen molar-refractivity contribution in [3.8, 4) is 11.5 Å². The van der Waals surface area contributed by atoms with E-state index >= 15 is 0 Å². The Morgan fingerprint density at radius 2 is 1.87 bits per heavy atom. The van der Waals surface area contributed by atoms with Gasteiger partial charge in [0.25, 0.3) is 0 Å². The molecule has 3 fully saturated rings. The van der Waals surface area contributed by atoms with E-state index in [4.69, 9.17) is 9.47 Å². The second-order valence-electron chi connectivity index (χ2n) is 6.57. The average Bonchev–Trinajstić information content (AvgIpc) is 2.88. The molecule has 3 aliphatic rings. The van der Waals surface area contributed by atoms with E-state index in [0.29, 0.717) is 6.61 Å². The first-order chi connectivity index (χ1) is 11.3. The van der Waals surface area contributed by atoms with Gasteiger partial charge in [-0.15, -0.1) is 0 Å². The van der Waals surface area contributed by atoms with Crippen LogP contribution in [0.4, 0.5) is 0 Å². The molecule has 1 aromatic carbocycles. The van der Waals surface area contributed by atoms with Gasteiger partial charge < -0.3 is 14.4 Å². The molecule has 4 rings (SSSR count). The summed E-state index contributed by atoms with van der Waals surface area (Å²) in [6.07, 6.45) is 3.62. The molecule has 0 saturated carbocycles. The summed E-state index contributed by atoms with van der Waals surface area (Å²) in [5, 5.41) is 0. The number of fused-ring (bicyclic) bond motifs is 4. The van der Waals surface area contributed by atoms with E-state index in [1.165, 1.54) is 38.0 Å². The van der Waals surface area contributed by atoms with Gasteiger partial charge in [-0.25, -0.2) is 0 Å². The number of piperidine rings is 1. The Morgan fingerprint density at radius 3 is 2.61 bits per heavy atom. The number of ether oxygens (including phenoxy) is 2. The maximum Gasteiger partial charge on any atom is 0.165 e. The minimum atomic E-state index is 0.674. The highest BCUT2D eigenvalue weighted by atomic mass is 16.5. The molecule has 0 unspecified atom stereocenters. The van der Waals surface area contributed by atoms with Gasteiger partial charge in [-0.3, -0.25) is 4.90 Å². The molecular weight excluding hydrogens is 288 g/mol. The van der Waals surface area contributed by atoms with Crippen LogP contribution in [0, 0.1) is 0 Å². The Labute approximate surface area is 140 Å². The number of hydrogen-bond donors (Lipinski definition) is 0. The first kappa shape index (κ1) is 16.6. The summed E-state index contributed by atoms with van der Waals surface area (Å²) in [6, 6.07) is 7.05. The molecule has 0 radical (unpaired) electrons. The smallest absolute Gasteiger partial charge is 0.165 e. The number of rotatable bonds is 7. The molecule has 0 aromatic heterocycles. The molecule has 3 aliphatic heterocycles. The number of para-hydroxylation sites is 1. The van der Waals surface area contributed by atoms with Crippen molar-refractivity contribution in [1.29, 1.82) is 0 Å². The lowest BCUT2D eigenvalue weighted by atomic mass is 10.0. The standard InChI is InChI=1S/C19H30N2O2/c1-3-14-23-19-16(6-5-7-18(19)22-4-2)15-21-13-12-20-10-8-17(21)9-11-20/h5-7,17H,3-4,8-15H2,1-2H3. The van der Waals surface area contributed by atoms with Crippen LogP contribution in [0.1, 0.15) is 38.7 Å². The molecule has 4 heteroatoms. The number of hydrogen-bond acceptors (Lipinski definition) is 4. The Balaban J connectivity index is 1.79. The summed E-state index contributed by atoms with van der Waals surface area (Å²) < 4.78 is 11.9. The molecule has 0 atom stereocenters. The number of benzene rings is 1. The van der Waals surface area contributed by atoms with Gasteiger partial charge in [0, 0.05) is 31.2 Å². The highest BCUT2D eigenvalue weighted by Crippen LogP contribution is 2.34. The third-order valence-corrected chi connectivity index (χ3v) is 4.96. The van der Waals surface area contributed by atoms with Gasteiger partial charge in [-0.05, 0) is 45.3 Å². The van der Waals surface area contributed by atoms with E-state index in [0.717, 1.165) is 43.7 Å². The fraction of sp³-hybridized carbons (Fsp3) is 0.684. The van der Waals surface area contributed by atoms with Crippen molar-refractivity contribution in [1.82, 2.24) is 9.80 Å². The fourth-order valence-corrected chi connectivity index (χ4v) is 3.71. The Morgan fingerprint density at radius 1 is 1.04 bits per heavy atom. The maximum atomic E-state index is 6.06. The van der Waals surface area contributed by atoms with E-state index in [9.17, 15) is 0 Å². The van der Waals surface area contributed by atoms with E-state index in [1.807, 2.05) is 13.0 Å². The van der Waals surface area contributed by atoms with Crippen LogP contribution < -0.4 is 9.47 Å². The lowest BCUT2D eigenvalue weighted by molar-refractivity contribution is 0.173. The Hall–Kier alpha value is -1.26. The zero-order chi connectivity index (χ0) is 16.1. The predicted molar refractivity (Wildman–Crippen MR) is 93.3 cm³/mol. The molecule has 0 spiro atoms. The van der Waals surface area contributed by atoms with Gasteiger partial charge >= 0.3 is 0 Å². The molecular formula is C19H30N2O2. The third-order valence-electron chi connectivity index (χ3n) is 4.96. The van der Waals surface area contributed by atoms with Crippen LogP contribution in [0.15, 0.2) is 18.2 Å². The Bertz CT molecular complexity index is 498. The topological polar surface area (TPSA) is 24.9 Å². The van der Waals surface area contributed by atoms with Gasteiger partial charge in [-0.1, -0.05) is 19.1 Å². The second kappa shape index (κ2) is 8.02. The lowest BCUT2D eigenvalue weighted by Gasteiger charge is -2.32. The summed E-state index contributed by atoms with van der Waals surface area (Å²) in [7, 11) is 0. The van der Waals surface area contributed by atoms with Gasteiger partial charge in [0.05, 0.1) is 13.2 Å². The summed E-state index contributed by atoms with van der Waals surface area (Å²) in [5.74, 6) is 1.84. The quantitative estimate of drug-likeness (QED) is 0.771. The van der Waals surface area contributed by atoms with Crippen LogP contribution in [-0.4, -0.2) is 55.2 Å². The molecule has 1 aromatic rings. The minimum Gasteiger partial charge on any atom is -0.490 e. The molecule has 3 saturated heterocycles. The lowest BCUT2D eigenvalue weighted by Crippen LogP contribution is -2.37. The van der Waals surface area contributed by atoms with Crippen molar-refractivity contribution in [3.63, 3.8) is 0 Å². The molecule has 2 bridgehead atoms. The van der Waals surface area contributed by atoms with E-state index < -0.39 is 0 Å². The molecule has 4 nitrogen and oxygen atoms in total. The predicted octanol–water partition coefficient (Wildman–Crippen LogP) is 3.15. The third kappa shape index (κ3) is 3.99. The van der Waals surface area contributed by atoms with Gasteiger partial charge in [-0.2, -0.15) is 0 Å². The van der Waals surface area contributed by atoms with Crippen molar-refractivity contribution < 1.29 is 9.47 Å². The van der Waals surface area contributed by atoms with Gasteiger partial charge in [0.2, 0.25) is 0 Å². The largest absolute Gasteiger partial charge is 0.490 e. The number of nitrogens with zero attached hydrogens (tertiary/aromatic N) is 2. The van der Waals surface area contributed by atoms with E-state index in [-0.39, 0.29) is 0 Å². The molecule has 128 valence electrons. The average molecular weight is 318 g/mol. The zero-order valence-electron chi connectivity index (χ0n) is 14.6. The maximum absolute atomic E-state index is 6.06. The molecule has 23 heavy (non-hydrogen) atoms. The molecule has 0 N–H and O–H groups in total. The van der Waals surface area contributed by atoms with Crippen LogP contribution in [0.25, 0.3) is 0 Å². The van der Waals surface area contributed by atoms with Crippen molar-refractivity contribution in [3.05, 3.63) is 23.8 Å². The Kier molecular flexibility index (Phi) is 5.79. The summed E-state index contributed by atoms with van der Waals surface area (Å²) in [5.41, 5.74) is 1.27. The van der Waals surface area contributed by atoms with Crippen LogP contribution in [-0.2, 0) is 6.54 Å². The normalized spacial score (nSPS) is 24.4. The summed E-state index contributed by atoms with van der Waals surface area (Å²) in [4.78, 5) is 5.25. The fourth-order valence-electron chi connectivity index (χ4n) is 3.71. The van der Waals surface area contributed by atoms with Crippen molar-refractivity contribution in [2.75, 3.05) is 39.4 Å². The van der Waals surface area contributed by atoms with Crippen molar-refractivity contribution in [2.45, 2.75) is 45.7 Å². The van der Waals surface area contributed by atoms with Crippen molar-refractivity contribution >= 4 is 0 Å². The first-order valence-corrected chi connectivity index (χ1v) is 9.15. The van der Waals surface area contributed by atoms with Crippen LogP contribution in [0.5, 0.6) is 11.5 Å². The van der Waals surface area contributed by atoms with E-state index in [2.05, 4.69) is 28.9 Å². The first-order valence-electron chi connectivity index (χ1n) is 9.15. The summed E-state index contributed by atoms with van der Waals surface area (Å²) in [6.45, 7) is 11.4. The second-order valence-corrected chi connectivity index (χ2v) is 6.57. The van der Waals surface area contributed by atoms with Crippen molar-refractivity contribution in [2.24, 2.45) is 0 Å². The van der Waals surface area contributed by atoms with E-state index in [1.54, 1.807) is 0 Å². The highest BCUT2D eigenvalue weighted by molar-refractivity contribution is 5.46. The molecule has 0 aliphatic carbocycles. The molecule has 3 heterocycles. The van der Waals surface area contributed by atoms with Crippen LogP contribution >= 0.6 is 0 Å². The SMILES string of the molecule is CCCOc1c(CN2CCN3CCC2CC3)cccc1OCC. The zero-order valence-corrected chi connectivity index (χ0v) is 14.6. The van der Waals surface area contributed by atoms with Gasteiger partial charge in [0.1, 0.15) is 0 Å². The van der Waals surface area contributed by atoms with Crippen LogP contribution in [0.2, 0.25) is 0 Å². The monoisotopic (exact) mass is 318 g/mol. The highest BCUT2D eigenvalue weighted by Gasteiger charge is 2.29. The minimum absolute atomic E-state index is 0.674.